The van der Waals surface area contributed by atoms with Crippen molar-refractivity contribution in [3.63, 3.8) is 0 Å². The monoisotopic (exact) mass is 1530 g/mol. The van der Waals surface area contributed by atoms with Crippen LogP contribution in [-0.2, 0) is 20.1 Å². The molecule has 2 atom stereocenters. The van der Waals surface area contributed by atoms with Crippen LogP contribution in [0.2, 0.25) is 0 Å². The van der Waals surface area contributed by atoms with E-state index in [9.17, 15) is 10.5 Å². The van der Waals surface area contributed by atoms with Crippen LogP contribution in [0.5, 0.6) is 23.0 Å². The maximum Gasteiger partial charge on any atom is 0.495 e. The third kappa shape index (κ3) is 11.7. The third-order valence-electron chi connectivity index (χ3n) is 22.7. The van der Waals surface area contributed by atoms with Crippen LogP contribution in [0.3, 0.4) is 0 Å². The molecule has 14 aromatic carbocycles. The summed E-state index contributed by atoms with van der Waals surface area (Å²) in [5.74, 6) is 6.65. The molecule has 0 amide bonds. The second-order valence-corrected chi connectivity index (χ2v) is 30.5. The number of halogens is 1. The highest BCUT2D eigenvalue weighted by Gasteiger charge is 2.57. The first kappa shape index (κ1) is 70.5. The summed E-state index contributed by atoms with van der Waals surface area (Å²) in [5, 5.41) is 20.2. The van der Waals surface area contributed by atoms with Crippen LogP contribution in [0.25, 0.3) is 102 Å². The van der Waals surface area contributed by atoms with Crippen molar-refractivity contribution >= 4 is 28.5 Å². The summed E-state index contributed by atoms with van der Waals surface area (Å²) in [6.45, 7) is 8.33. The molecule has 12 nitrogen and oxygen atoms in total. The average Bonchev–Trinajstić information content (AvgIpc) is 1.50. The highest BCUT2D eigenvalue weighted by atomic mass is 79.9. The molecule has 21 rings (SSSR count). The van der Waals surface area contributed by atoms with Gasteiger partial charge in [-0.05, 0) is 125 Å². The molecular weight excluding hydrogens is 1470 g/mol. The Kier molecular flexibility index (Phi) is 17.6. The van der Waals surface area contributed by atoms with Gasteiger partial charge in [-0.15, -0.1) is 0 Å². The summed E-state index contributed by atoms with van der Waals surface area (Å²) in [6.07, 6.45) is 0. The van der Waals surface area contributed by atoms with Gasteiger partial charge < -0.3 is 18.8 Å². The van der Waals surface area contributed by atoms with Crippen molar-refractivity contribution in [3.05, 3.63) is 400 Å². The Bertz CT molecular complexity index is 6430. The molecule has 3 aliphatic heterocycles. The topological polar surface area (TPSA) is 162 Å². The molecule has 2 aromatic heterocycles. The maximum atomic E-state index is 10.2. The second kappa shape index (κ2) is 28.5. The summed E-state index contributed by atoms with van der Waals surface area (Å²) >= 11 is 3.47. The Morgan fingerprint density at radius 3 is 0.991 bits per heavy atom. The number of nitriles is 2. The number of nitrogens with zero attached hydrogens (tertiary/aromatic N) is 8. The van der Waals surface area contributed by atoms with Gasteiger partial charge in [0.05, 0.1) is 33.2 Å². The summed E-state index contributed by atoms with van der Waals surface area (Å²) in [7, 11) is -0.497. The minimum Gasteiger partial charge on any atom is -0.455 e. The molecule has 1 fully saturated rings. The molecule has 114 heavy (non-hydrogen) atoms. The number of fused-ring (bicyclic) bond motifs is 18. The molecule has 5 heterocycles. The van der Waals surface area contributed by atoms with Crippen LogP contribution < -0.4 is 14.9 Å². The number of para-hydroxylation sites is 4. The molecule has 0 saturated carbocycles. The van der Waals surface area contributed by atoms with Crippen LogP contribution in [-0.4, -0.2) is 48.2 Å². The van der Waals surface area contributed by atoms with E-state index in [-0.39, 0.29) is 0 Å². The Morgan fingerprint density at radius 2 is 0.579 bits per heavy atom. The van der Waals surface area contributed by atoms with Gasteiger partial charge in [0.1, 0.15) is 35.1 Å². The van der Waals surface area contributed by atoms with E-state index in [2.05, 4.69) is 206 Å². The van der Waals surface area contributed by atoms with Gasteiger partial charge in [-0.25, -0.2) is 29.9 Å². The molecule has 2 aliphatic carbocycles. The SMILES string of the molecule is Brc1ccc(-c2nc(-c3ccccc3)nc(-c3ccccc3)n2)cc1.CC1(C)OB(c2cccc3c2-c2ccccc2C32c3ccccc3Oc3c(C#N)cccc32)OC1(C)C.N#Cc1cccc2c1Oc1ccccc1C21c2ccccc2-c2c(-c3ccc(-c4nc(-c5ccccc5)nc(-c5ccccc5)n4)cc3)cccc21. The molecule has 0 bridgehead atoms. The summed E-state index contributed by atoms with van der Waals surface area (Å²) < 4.78 is 27.1. The van der Waals surface area contributed by atoms with Crippen LogP contribution >= 0.6 is 15.9 Å². The van der Waals surface area contributed by atoms with E-state index in [0.717, 1.165) is 105 Å². The molecule has 16 aromatic rings. The van der Waals surface area contributed by atoms with Crippen molar-refractivity contribution in [1.82, 2.24) is 29.9 Å². The zero-order valence-corrected chi connectivity index (χ0v) is 64.1. The Morgan fingerprint density at radius 1 is 0.281 bits per heavy atom. The van der Waals surface area contributed by atoms with Crippen molar-refractivity contribution < 1.29 is 18.8 Å². The predicted molar refractivity (Wildman–Crippen MR) is 452 cm³/mol. The van der Waals surface area contributed by atoms with Crippen molar-refractivity contribution in [2.75, 3.05) is 0 Å². The molecular formula is C100H68BBrN8O4. The molecule has 1 saturated heterocycles. The summed E-state index contributed by atoms with van der Waals surface area (Å²) in [5.41, 5.74) is 21.1. The number of rotatable bonds is 8. The smallest absolute Gasteiger partial charge is 0.455 e. The van der Waals surface area contributed by atoms with Gasteiger partial charge in [0.2, 0.25) is 0 Å². The maximum absolute atomic E-state index is 10.2. The fourth-order valence-electron chi connectivity index (χ4n) is 16.8. The number of benzene rings is 14. The molecule has 5 aliphatic rings. The normalized spacial score (nSPS) is 16.0. The van der Waals surface area contributed by atoms with Gasteiger partial charge in [-0.2, -0.15) is 10.5 Å². The lowest BCUT2D eigenvalue weighted by Gasteiger charge is -2.39. The molecule has 2 unspecified atom stereocenters. The van der Waals surface area contributed by atoms with Crippen molar-refractivity contribution in [1.29, 1.82) is 10.5 Å². The van der Waals surface area contributed by atoms with E-state index < -0.39 is 29.2 Å². The molecule has 0 N–H and O–H groups in total. The van der Waals surface area contributed by atoms with E-state index in [0.29, 0.717) is 57.6 Å². The standard InChI is InChI=1S/C47H28N4O.C32H26BNO3.C21H14BrN3/c48-29-34-17-11-23-40-43(34)52-41-24-10-9-21-38(41)47(40)37-20-8-7-18-36(37)42-35(19-12-22-39(42)47)30-25-27-33(28-26-30)46-50-44(31-13-3-1-4-14-31)49-45(51-46)32-15-5-2-6-16-32;1-30(2)31(3,4)37-33(36-30)26-17-10-15-24-28(26)21-12-5-6-13-22(21)32(24)23-14-7-8-18-27(23)35-29-20(19-34)11-9-16-25(29)32;22-18-13-11-17(12-14-18)21-24-19(15-7-3-1-4-8-15)23-20(25-21)16-9-5-2-6-10-16/h1-28H;5-18H,1-4H3;1-14H. The summed E-state index contributed by atoms with van der Waals surface area (Å²) in [6, 6.07) is 120. The van der Waals surface area contributed by atoms with Crippen molar-refractivity contribution in [3.8, 4) is 137 Å². The first-order chi connectivity index (χ1) is 55.8. The largest absolute Gasteiger partial charge is 0.495 e. The van der Waals surface area contributed by atoms with Gasteiger partial charge in [0.25, 0.3) is 0 Å². The Hall–Kier alpha value is -13.9. The quantitative estimate of drug-likeness (QED) is 0.133. The van der Waals surface area contributed by atoms with E-state index in [1.807, 2.05) is 194 Å². The first-order valence-corrected chi connectivity index (χ1v) is 38.7. The Labute approximate surface area is 669 Å². The predicted octanol–water partition coefficient (Wildman–Crippen LogP) is 22.8. The lowest BCUT2D eigenvalue weighted by atomic mass is 9.65. The molecule has 14 heteroatoms. The van der Waals surface area contributed by atoms with Gasteiger partial charge >= 0.3 is 7.12 Å². The minimum atomic E-state index is -0.661. The molecule has 0 radical (unpaired) electrons. The van der Waals surface area contributed by atoms with Crippen molar-refractivity contribution in [2.24, 2.45) is 0 Å². The van der Waals surface area contributed by atoms with E-state index in [1.54, 1.807) is 0 Å². The fourth-order valence-corrected chi connectivity index (χ4v) is 17.1. The second-order valence-electron chi connectivity index (χ2n) is 29.6. The fraction of sp³-hybridized carbons (Fsp3) is 0.0800. The third-order valence-corrected chi connectivity index (χ3v) is 23.2. The van der Waals surface area contributed by atoms with Crippen molar-refractivity contribution in [2.45, 2.75) is 49.7 Å². The molecule has 2 spiro atoms. The zero-order chi connectivity index (χ0) is 77.3. The number of aromatic nitrogens is 6. The lowest BCUT2D eigenvalue weighted by Crippen LogP contribution is -2.41. The van der Waals surface area contributed by atoms with Gasteiger partial charge in [0, 0.05) is 60.1 Å². The number of hydrogen-bond donors (Lipinski definition) is 0. The van der Waals surface area contributed by atoms with Crippen LogP contribution in [0.1, 0.15) is 83.3 Å². The highest BCUT2D eigenvalue weighted by molar-refractivity contribution is 9.10. The summed E-state index contributed by atoms with van der Waals surface area (Å²) in [4.78, 5) is 28.8. The van der Waals surface area contributed by atoms with Crippen LogP contribution in [0.4, 0.5) is 0 Å². The van der Waals surface area contributed by atoms with E-state index in [1.165, 1.54) is 27.8 Å². The highest BCUT2D eigenvalue weighted by Crippen LogP contribution is 2.65. The average molecular weight is 1540 g/mol. The Balaban J connectivity index is 0.000000123. The van der Waals surface area contributed by atoms with Gasteiger partial charge in [0.15, 0.2) is 34.9 Å². The van der Waals surface area contributed by atoms with Gasteiger partial charge in [-0.3, -0.25) is 0 Å². The van der Waals surface area contributed by atoms with E-state index >= 15 is 0 Å². The van der Waals surface area contributed by atoms with E-state index in [4.69, 9.17) is 43.7 Å². The minimum absolute atomic E-state index is 0.449. The first-order valence-electron chi connectivity index (χ1n) is 37.9. The van der Waals surface area contributed by atoms with Crippen LogP contribution in [0, 0.1) is 22.7 Å². The zero-order valence-electron chi connectivity index (χ0n) is 62.5. The lowest BCUT2D eigenvalue weighted by molar-refractivity contribution is 0.00578. The molecule has 542 valence electrons. The number of ether oxygens (including phenoxy) is 2. The van der Waals surface area contributed by atoms with Gasteiger partial charge in [-0.1, -0.05) is 319 Å². The van der Waals surface area contributed by atoms with Crippen LogP contribution in [0.15, 0.2) is 344 Å². The number of hydrogen-bond acceptors (Lipinski definition) is 12.